The number of aromatic nitrogens is 4. The Bertz CT molecular complexity index is 993. The summed E-state index contributed by atoms with van der Waals surface area (Å²) in [6.07, 6.45) is 3.30. The SMILES string of the molecule is Cc1ccc(=O)n(C2COCC2NC(=O)c2c[nH]c3ncccc23)n1. The van der Waals surface area contributed by atoms with Crippen LogP contribution in [0.2, 0.25) is 0 Å². The molecule has 4 heterocycles. The Balaban J connectivity index is 1.60. The normalized spacial score (nSPS) is 20.0. The summed E-state index contributed by atoms with van der Waals surface area (Å²) in [6.45, 7) is 2.48. The van der Waals surface area contributed by atoms with E-state index in [1.807, 2.05) is 13.0 Å². The van der Waals surface area contributed by atoms with Crippen molar-refractivity contribution in [3.63, 3.8) is 0 Å². The molecule has 0 spiro atoms. The van der Waals surface area contributed by atoms with Crippen molar-refractivity contribution in [2.45, 2.75) is 19.0 Å². The van der Waals surface area contributed by atoms with E-state index in [4.69, 9.17) is 4.74 Å². The summed E-state index contributed by atoms with van der Waals surface area (Å²) in [5.41, 5.74) is 1.69. The molecular formula is C17H17N5O3. The molecule has 4 rings (SSSR count). The van der Waals surface area contributed by atoms with Crippen molar-refractivity contribution >= 4 is 16.9 Å². The van der Waals surface area contributed by atoms with Crippen LogP contribution in [0.1, 0.15) is 22.1 Å². The summed E-state index contributed by atoms with van der Waals surface area (Å²) in [7, 11) is 0. The smallest absolute Gasteiger partial charge is 0.267 e. The van der Waals surface area contributed by atoms with Gasteiger partial charge in [0.2, 0.25) is 0 Å². The predicted octanol–water partition coefficient (Wildman–Crippen LogP) is 0.798. The number of hydrogen-bond donors (Lipinski definition) is 2. The van der Waals surface area contributed by atoms with E-state index in [0.29, 0.717) is 24.4 Å². The summed E-state index contributed by atoms with van der Waals surface area (Å²) in [4.78, 5) is 32.0. The van der Waals surface area contributed by atoms with Crippen molar-refractivity contribution in [3.8, 4) is 0 Å². The second kappa shape index (κ2) is 6.14. The highest BCUT2D eigenvalue weighted by Crippen LogP contribution is 2.20. The molecule has 1 aliphatic heterocycles. The zero-order valence-electron chi connectivity index (χ0n) is 13.6. The third-order valence-electron chi connectivity index (χ3n) is 4.34. The molecule has 3 aromatic heterocycles. The molecule has 2 unspecified atom stereocenters. The highest BCUT2D eigenvalue weighted by atomic mass is 16.5. The molecule has 2 atom stereocenters. The van der Waals surface area contributed by atoms with Gasteiger partial charge in [0.15, 0.2) is 0 Å². The fourth-order valence-corrected chi connectivity index (χ4v) is 3.07. The minimum Gasteiger partial charge on any atom is -0.377 e. The van der Waals surface area contributed by atoms with Crippen LogP contribution in [0.5, 0.6) is 0 Å². The Morgan fingerprint density at radius 2 is 2.24 bits per heavy atom. The lowest BCUT2D eigenvalue weighted by atomic mass is 10.1. The number of aromatic amines is 1. The maximum Gasteiger partial charge on any atom is 0.267 e. The van der Waals surface area contributed by atoms with E-state index in [1.54, 1.807) is 24.5 Å². The van der Waals surface area contributed by atoms with Crippen molar-refractivity contribution in [1.82, 2.24) is 25.1 Å². The second-order valence-corrected chi connectivity index (χ2v) is 6.04. The van der Waals surface area contributed by atoms with Crippen LogP contribution in [-0.4, -0.2) is 44.9 Å². The van der Waals surface area contributed by atoms with Crippen LogP contribution in [0.15, 0.2) is 41.5 Å². The van der Waals surface area contributed by atoms with Crippen LogP contribution in [0, 0.1) is 6.92 Å². The van der Waals surface area contributed by atoms with E-state index in [9.17, 15) is 9.59 Å². The van der Waals surface area contributed by atoms with Crippen molar-refractivity contribution in [2.75, 3.05) is 13.2 Å². The minimum absolute atomic E-state index is 0.211. The van der Waals surface area contributed by atoms with Crippen molar-refractivity contribution in [2.24, 2.45) is 0 Å². The molecule has 0 aliphatic carbocycles. The quantitative estimate of drug-likeness (QED) is 0.735. The highest BCUT2D eigenvalue weighted by Gasteiger charge is 2.33. The molecule has 128 valence electrons. The average molecular weight is 339 g/mol. The van der Waals surface area contributed by atoms with E-state index in [0.717, 1.165) is 11.1 Å². The van der Waals surface area contributed by atoms with Crippen LogP contribution in [0.3, 0.4) is 0 Å². The number of fused-ring (bicyclic) bond motifs is 1. The van der Waals surface area contributed by atoms with Gasteiger partial charge in [-0.25, -0.2) is 9.67 Å². The number of nitrogens with one attached hydrogen (secondary N) is 2. The first kappa shape index (κ1) is 15.5. The topological polar surface area (TPSA) is 102 Å². The number of rotatable bonds is 3. The van der Waals surface area contributed by atoms with Gasteiger partial charge in [-0.2, -0.15) is 5.10 Å². The number of ether oxygens (including phenoxy) is 1. The number of nitrogens with zero attached hydrogens (tertiary/aromatic N) is 3. The Morgan fingerprint density at radius 3 is 3.12 bits per heavy atom. The van der Waals surface area contributed by atoms with E-state index < -0.39 is 0 Å². The first-order chi connectivity index (χ1) is 12.1. The molecule has 1 aliphatic rings. The predicted molar refractivity (Wildman–Crippen MR) is 90.4 cm³/mol. The van der Waals surface area contributed by atoms with Gasteiger partial charge in [-0.15, -0.1) is 0 Å². The first-order valence-corrected chi connectivity index (χ1v) is 8.00. The van der Waals surface area contributed by atoms with Gasteiger partial charge >= 0.3 is 0 Å². The lowest BCUT2D eigenvalue weighted by Gasteiger charge is -2.20. The number of aryl methyl sites for hydroxylation is 1. The maximum absolute atomic E-state index is 12.7. The standard InChI is InChI=1S/C17H17N5O3/c1-10-4-5-15(23)22(21-10)14-9-25-8-13(14)20-17(24)12-7-19-16-11(12)3-2-6-18-16/h2-7,13-14H,8-9H2,1H3,(H,18,19)(H,20,24). The van der Waals surface area contributed by atoms with Crippen molar-refractivity contribution in [1.29, 1.82) is 0 Å². The third-order valence-corrected chi connectivity index (χ3v) is 4.34. The van der Waals surface area contributed by atoms with Gasteiger partial charge in [-0.05, 0) is 25.1 Å². The molecule has 0 aromatic carbocycles. The van der Waals surface area contributed by atoms with Crippen LogP contribution < -0.4 is 10.9 Å². The van der Waals surface area contributed by atoms with Crippen molar-refractivity contribution < 1.29 is 9.53 Å². The summed E-state index contributed by atoms with van der Waals surface area (Å²) in [5.74, 6) is -0.236. The van der Waals surface area contributed by atoms with Gasteiger partial charge in [0.05, 0.1) is 30.5 Å². The molecule has 1 saturated heterocycles. The van der Waals surface area contributed by atoms with E-state index >= 15 is 0 Å². The van der Waals surface area contributed by atoms with E-state index in [1.165, 1.54) is 10.7 Å². The average Bonchev–Trinajstić information content (AvgIpc) is 3.23. The molecule has 0 saturated carbocycles. The molecule has 2 N–H and O–H groups in total. The Hall–Kier alpha value is -3.00. The molecule has 8 nitrogen and oxygen atoms in total. The zero-order valence-corrected chi connectivity index (χ0v) is 13.6. The van der Waals surface area contributed by atoms with Crippen LogP contribution in [0.25, 0.3) is 11.0 Å². The van der Waals surface area contributed by atoms with Gasteiger partial charge in [-0.3, -0.25) is 9.59 Å². The molecular weight excluding hydrogens is 322 g/mol. The van der Waals surface area contributed by atoms with Crippen LogP contribution in [-0.2, 0) is 4.74 Å². The molecule has 3 aromatic rings. The minimum atomic E-state index is -0.334. The number of pyridine rings is 1. The summed E-state index contributed by atoms with van der Waals surface area (Å²) < 4.78 is 6.88. The van der Waals surface area contributed by atoms with E-state index in [-0.39, 0.29) is 23.6 Å². The molecule has 0 bridgehead atoms. The summed E-state index contributed by atoms with van der Waals surface area (Å²) in [6, 6.07) is 6.10. The summed E-state index contributed by atoms with van der Waals surface area (Å²) in [5, 5.41) is 7.99. The van der Waals surface area contributed by atoms with Gasteiger partial charge in [0.1, 0.15) is 11.7 Å². The van der Waals surface area contributed by atoms with Crippen molar-refractivity contribution in [3.05, 3.63) is 58.3 Å². The summed E-state index contributed by atoms with van der Waals surface area (Å²) >= 11 is 0. The fraction of sp³-hybridized carbons (Fsp3) is 0.294. The Kier molecular flexibility index (Phi) is 3.81. The third kappa shape index (κ3) is 2.80. The number of carbonyl (C=O) groups is 1. The lowest BCUT2D eigenvalue weighted by Crippen LogP contribution is -2.44. The number of carbonyl (C=O) groups excluding carboxylic acids is 1. The van der Waals surface area contributed by atoms with E-state index in [2.05, 4.69) is 20.4 Å². The van der Waals surface area contributed by atoms with Gasteiger partial charge in [0, 0.05) is 23.8 Å². The maximum atomic E-state index is 12.7. The largest absolute Gasteiger partial charge is 0.377 e. The number of amides is 1. The second-order valence-electron chi connectivity index (χ2n) is 6.04. The number of hydrogen-bond acceptors (Lipinski definition) is 5. The van der Waals surface area contributed by atoms with Gasteiger partial charge in [0.25, 0.3) is 11.5 Å². The molecule has 0 radical (unpaired) electrons. The Morgan fingerprint density at radius 1 is 1.36 bits per heavy atom. The van der Waals surface area contributed by atoms with Crippen LogP contribution in [0.4, 0.5) is 0 Å². The van der Waals surface area contributed by atoms with Gasteiger partial charge in [-0.1, -0.05) is 0 Å². The monoisotopic (exact) mass is 339 g/mol. The molecule has 8 heteroatoms. The number of H-pyrrole nitrogens is 1. The highest BCUT2D eigenvalue weighted by molar-refractivity contribution is 6.06. The molecule has 1 amide bonds. The Labute approximate surface area is 142 Å². The van der Waals surface area contributed by atoms with Crippen LogP contribution >= 0.6 is 0 Å². The first-order valence-electron chi connectivity index (χ1n) is 8.00. The zero-order chi connectivity index (χ0) is 17.4. The molecule has 25 heavy (non-hydrogen) atoms. The lowest BCUT2D eigenvalue weighted by molar-refractivity contribution is 0.0926. The fourth-order valence-electron chi connectivity index (χ4n) is 3.07. The van der Waals surface area contributed by atoms with Gasteiger partial charge < -0.3 is 15.0 Å². The molecule has 1 fully saturated rings.